The van der Waals surface area contributed by atoms with Gasteiger partial charge in [-0.15, -0.1) is 5.10 Å². The van der Waals surface area contributed by atoms with Gasteiger partial charge in [-0.1, -0.05) is 30.3 Å². The monoisotopic (exact) mass is 398 g/mol. The molecule has 0 radical (unpaired) electrons. The van der Waals surface area contributed by atoms with E-state index in [9.17, 15) is 0 Å². The van der Waals surface area contributed by atoms with Crippen molar-refractivity contribution in [1.29, 1.82) is 0 Å². The minimum absolute atomic E-state index is 0.427. The molecule has 5 rings (SSSR count). The molecule has 1 aromatic carbocycles. The minimum atomic E-state index is 0.427. The van der Waals surface area contributed by atoms with Crippen LogP contribution in [0.25, 0.3) is 28.2 Å². The predicted octanol–water partition coefficient (Wildman–Crippen LogP) is 3.95. The largest absolute Gasteiger partial charge is 0.352 e. The molecule has 6 heteroatoms. The number of fused-ring (bicyclic) bond motifs is 1. The molecule has 6 nitrogen and oxygen atoms in total. The summed E-state index contributed by atoms with van der Waals surface area (Å²) in [6.07, 6.45) is 1.85. The number of aryl methyl sites for hydroxylation is 1. The molecule has 0 bridgehead atoms. The van der Waals surface area contributed by atoms with E-state index in [4.69, 9.17) is 10.1 Å². The molecule has 1 fully saturated rings. The standard InChI is InChI=1S/C24H26N6/c1-16-13-20(11-12-25-16)24-23(19-7-5-4-6-8-19)27-21-9-10-22(28-30(21)24)29-14-17(2)26-18(3)15-29/h4-13,17-18,26H,14-15H2,1-3H3/t17-,18+. The highest BCUT2D eigenvalue weighted by Crippen LogP contribution is 2.33. The number of nitrogens with zero attached hydrogens (tertiary/aromatic N) is 5. The number of rotatable bonds is 3. The average Bonchev–Trinajstić information content (AvgIpc) is 3.12. The molecular formula is C24H26N6. The quantitative estimate of drug-likeness (QED) is 0.566. The molecule has 0 spiro atoms. The number of hydrogen-bond acceptors (Lipinski definition) is 5. The molecule has 2 atom stereocenters. The molecule has 152 valence electrons. The summed E-state index contributed by atoms with van der Waals surface area (Å²) in [6, 6.07) is 19.5. The summed E-state index contributed by atoms with van der Waals surface area (Å²) < 4.78 is 1.99. The van der Waals surface area contributed by atoms with Crippen LogP contribution in [0.15, 0.2) is 60.8 Å². The van der Waals surface area contributed by atoms with E-state index in [2.05, 4.69) is 59.4 Å². The molecule has 1 aliphatic heterocycles. The van der Waals surface area contributed by atoms with E-state index in [1.54, 1.807) is 0 Å². The molecule has 0 aliphatic carbocycles. The van der Waals surface area contributed by atoms with E-state index < -0.39 is 0 Å². The van der Waals surface area contributed by atoms with E-state index in [0.717, 1.165) is 52.8 Å². The van der Waals surface area contributed by atoms with Gasteiger partial charge in [-0.05, 0) is 45.0 Å². The molecule has 1 N–H and O–H groups in total. The van der Waals surface area contributed by atoms with Crippen molar-refractivity contribution >= 4 is 11.5 Å². The van der Waals surface area contributed by atoms with Gasteiger partial charge in [0.25, 0.3) is 0 Å². The third kappa shape index (κ3) is 3.44. The van der Waals surface area contributed by atoms with Crippen LogP contribution in [0.2, 0.25) is 0 Å². The van der Waals surface area contributed by atoms with E-state index in [1.165, 1.54) is 0 Å². The molecule has 3 aromatic heterocycles. The molecular weight excluding hydrogens is 372 g/mol. The van der Waals surface area contributed by atoms with Gasteiger partial charge in [0.1, 0.15) is 11.5 Å². The summed E-state index contributed by atoms with van der Waals surface area (Å²) >= 11 is 0. The van der Waals surface area contributed by atoms with Crippen LogP contribution >= 0.6 is 0 Å². The third-order valence-corrected chi connectivity index (χ3v) is 5.56. The smallest absolute Gasteiger partial charge is 0.155 e. The molecule has 1 saturated heterocycles. The summed E-state index contributed by atoms with van der Waals surface area (Å²) in [5, 5.41) is 8.64. The zero-order valence-corrected chi connectivity index (χ0v) is 17.6. The summed E-state index contributed by atoms with van der Waals surface area (Å²) in [7, 11) is 0. The van der Waals surface area contributed by atoms with Crippen LogP contribution < -0.4 is 10.2 Å². The maximum absolute atomic E-state index is 5.05. The van der Waals surface area contributed by atoms with Gasteiger partial charge in [-0.3, -0.25) is 4.98 Å². The van der Waals surface area contributed by atoms with Crippen molar-refractivity contribution in [1.82, 2.24) is 24.9 Å². The number of anilines is 1. The summed E-state index contributed by atoms with van der Waals surface area (Å²) in [4.78, 5) is 11.7. The first kappa shape index (κ1) is 18.8. The van der Waals surface area contributed by atoms with E-state index in [-0.39, 0.29) is 0 Å². The van der Waals surface area contributed by atoms with Crippen LogP contribution in [-0.4, -0.2) is 44.8 Å². The van der Waals surface area contributed by atoms with E-state index >= 15 is 0 Å². The van der Waals surface area contributed by atoms with Crippen molar-refractivity contribution in [3.63, 3.8) is 0 Å². The zero-order chi connectivity index (χ0) is 20.7. The molecule has 0 saturated carbocycles. The fourth-order valence-corrected chi connectivity index (χ4v) is 4.36. The average molecular weight is 399 g/mol. The fraction of sp³-hybridized carbons (Fsp3) is 0.292. The lowest BCUT2D eigenvalue weighted by Crippen LogP contribution is -2.54. The lowest BCUT2D eigenvalue weighted by Gasteiger charge is -2.36. The third-order valence-electron chi connectivity index (χ3n) is 5.56. The maximum atomic E-state index is 5.05. The van der Waals surface area contributed by atoms with Crippen LogP contribution in [0.4, 0.5) is 5.82 Å². The van der Waals surface area contributed by atoms with Crippen molar-refractivity contribution in [3.05, 3.63) is 66.5 Å². The number of hydrogen-bond donors (Lipinski definition) is 1. The van der Waals surface area contributed by atoms with Crippen molar-refractivity contribution in [2.24, 2.45) is 0 Å². The molecule has 4 heterocycles. The Hall–Kier alpha value is -3.25. The number of piperazine rings is 1. The number of aromatic nitrogens is 4. The Kier molecular flexibility index (Phi) is 4.71. The maximum Gasteiger partial charge on any atom is 0.155 e. The second kappa shape index (κ2) is 7.54. The van der Waals surface area contributed by atoms with E-state index in [0.29, 0.717) is 12.1 Å². The van der Waals surface area contributed by atoms with E-state index in [1.807, 2.05) is 41.9 Å². The van der Waals surface area contributed by atoms with Crippen molar-refractivity contribution in [2.45, 2.75) is 32.9 Å². The summed E-state index contributed by atoms with van der Waals surface area (Å²) in [5.41, 5.74) is 5.91. The van der Waals surface area contributed by atoms with Crippen LogP contribution in [0.5, 0.6) is 0 Å². The lowest BCUT2D eigenvalue weighted by atomic mass is 10.1. The second-order valence-corrected chi connectivity index (χ2v) is 8.20. The normalized spacial score (nSPS) is 19.4. The van der Waals surface area contributed by atoms with Gasteiger partial charge in [0.05, 0.1) is 5.69 Å². The number of benzene rings is 1. The van der Waals surface area contributed by atoms with Crippen LogP contribution in [0.3, 0.4) is 0 Å². The Morgan fingerprint density at radius 2 is 1.70 bits per heavy atom. The Balaban J connectivity index is 1.70. The minimum Gasteiger partial charge on any atom is -0.352 e. The van der Waals surface area contributed by atoms with Crippen LogP contribution in [-0.2, 0) is 0 Å². The molecule has 0 unspecified atom stereocenters. The molecule has 4 aromatic rings. The van der Waals surface area contributed by atoms with Gasteiger partial charge in [0, 0.05) is 48.2 Å². The molecule has 0 amide bonds. The van der Waals surface area contributed by atoms with Crippen molar-refractivity contribution in [3.8, 4) is 22.5 Å². The summed E-state index contributed by atoms with van der Waals surface area (Å²) in [6.45, 7) is 8.32. The van der Waals surface area contributed by atoms with Gasteiger partial charge >= 0.3 is 0 Å². The second-order valence-electron chi connectivity index (χ2n) is 8.20. The highest BCUT2D eigenvalue weighted by Gasteiger charge is 2.24. The van der Waals surface area contributed by atoms with Gasteiger partial charge in [0.2, 0.25) is 0 Å². The number of nitrogens with one attached hydrogen (secondary N) is 1. The SMILES string of the molecule is Cc1cc(-c2c(-c3ccccc3)nc3ccc(N4C[C@@H](C)N[C@@H](C)C4)nn23)ccn1. The van der Waals surface area contributed by atoms with Crippen molar-refractivity contribution < 1.29 is 0 Å². The van der Waals surface area contributed by atoms with Crippen molar-refractivity contribution in [2.75, 3.05) is 18.0 Å². The Morgan fingerprint density at radius 1 is 0.933 bits per heavy atom. The van der Waals surface area contributed by atoms with Crippen LogP contribution in [0.1, 0.15) is 19.5 Å². The van der Waals surface area contributed by atoms with Gasteiger partial charge in [-0.2, -0.15) is 0 Å². The Bertz CT molecular complexity index is 1170. The molecule has 1 aliphatic rings. The molecule has 30 heavy (non-hydrogen) atoms. The highest BCUT2D eigenvalue weighted by atomic mass is 15.4. The Morgan fingerprint density at radius 3 is 2.43 bits per heavy atom. The van der Waals surface area contributed by atoms with Crippen LogP contribution in [0, 0.1) is 6.92 Å². The van der Waals surface area contributed by atoms with Gasteiger partial charge < -0.3 is 10.2 Å². The lowest BCUT2D eigenvalue weighted by molar-refractivity contribution is 0.404. The fourth-order valence-electron chi connectivity index (χ4n) is 4.36. The zero-order valence-electron chi connectivity index (χ0n) is 17.6. The topological polar surface area (TPSA) is 58.4 Å². The number of pyridine rings is 1. The summed E-state index contributed by atoms with van der Waals surface area (Å²) in [5.74, 6) is 0.978. The predicted molar refractivity (Wildman–Crippen MR) is 121 cm³/mol. The van der Waals surface area contributed by atoms with Gasteiger partial charge in [0.15, 0.2) is 5.65 Å². The van der Waals surface area contributed by atoms with Gasteiger partial charge in [-0.25, -0.2) is 9.50 Å². The first-order valence-corrected chi connectivity index (χ1v) is 10.5. The highest BCUT2D eigenvalue weighted by molar-refractivity contribution is 5.81. The Labute approximate surface area is 176 Å². The first-order valence-electron chi connectivity index (χ1n) is 10.5. The first-order chi connectivity index (χ1) is 14.6. The number of imidazole rings is 1.